The second-order valence-corrected chi connectivity index (χ2v) is 9.09. The van der Waals surface area contributed by atoms with Crippen LogP contribution in [0.1, 0.15) is 39.4 Å². The molecule has 0 spiro atoms. The third kappa shape index (κ3) is 5.14. The van der Waals surface area contributed by atoms with E-state index in [0.29, 0.717) is 23.8 Å². The van der Waals surface area contributed by atoms with Gasteiger partial charge in [0.05, 0.1) is 29.6 Å². The molecule has 28 heavy (non-hydrogen) atoms. The number of nitriles is 1. The molecule has 6 heteroatoms. The fourth-order valence-electron chi connectivity index (χ4n) is 4.07. The molecule has 1 fully saturated rings. The first-order valence-corrected chi connectivity index (χ1v) is 10.7. The molecule has 2 aromatic rings. The summed E-state index contributed by atoms with van der Waals surface area (Å²) in [6.07, 6.45) is 3.49. The number of carbonyl (C=O) groups is 1. The summed E-state index contributed by atoms with van der Waals surface area (Å²) in [7, 11) is 0. The van der Waals surface area contributed by atoms with E-state index in [1.807, 2.05) is 31.2 Å². The zero-order valence-electron chi connectivity index (χ0n) is 15.8. The Morgan fingerprint density at radius 2 is 2.18 bits per heavy atom. The minimum atomic E-state index is -0.529. The number of aliphatic hydroxyl groups is 1. The van der Waals surface area contributed by atoms with E-state index in [0.717, 1.165) is 36.0 Å². The van der Waals surface area contributed by atoms with Crippen LogP contribution in [0.15, 0.2) is 30.3 Å². The van der Waals surface area contributed by atoms with Crippen molar-refractivity contribution in [3.8, 4) is 11.8 Å². The molecule has 1 saturated carbocycles. The van der Waals surface area contributed by atoms with Crippen molar-refractivity contribution in [1.29, 1.82) is 5.26 Å². The van der Waals surface area contributed by atoms with Gasteiger partial charge < -0.3 is 9.84 Å². The van der Waals surface area contributed by atoms with Gasteiger partial charge in [-0.1, -0.05) is 11.6 Å². The summed E-state index contributed by atoms with van der Waals surface area (Å²) in [6.45, 7) is 2.33. The van der Waals surface area contributed by atoms with Gasteiger partial charge in [0.2, 0.25) is 0 Å². The fourth-order valence-corrected chi connectivity index (χ4v) is 5.22. The Morgan fingerprint density at radius 1 is 1.36 bits per heavy atom. The number of aryl methyl sites for hydroxylation is 2. The van der Waals surface area contributed by atoms with Crippen LogP contribution in [0.4, 0.5) is 0 Å². The Kier molecular flexibility index (Phi) is 7.12. The molecular weight excluding hydrogens is 394 g/mol. The molecule has 0 aliphatic heterocycles. The van der Waals surface area contributed by atoms with Crippen molar-refractivity contribution in [3.05, 3.63) is 50.7 Å². The summed E-state index contributed by atoms with van der Waals surface area (Å²) in [6, 6.07) is 11.8. The van der Waals surface area contributed by atoms with Crippen molar-refractivity contribution in [1.82, 2.24) is 0 Å². The second kappa shape index (κ2) is 9.56. The lowest BCUT2D eigenvalue weighted by Gasteiger charge is -2.23. The molecule has 3 rings (SSSR count). The summed E-state index contributed by atoms with van der Waals surface area (Å²) in [4.78, 5) is 12.7. The largest absolute Gasteiger partial charge is 0.493 e. The number of carbonyl (C=O) groups excluding carboxylic acids is 1. The smallest absolute Gasteiger partial charge is 0.160 e. The molecule has 4 nitrogen and oxygen atoms in total. The highest BCUT2D eigenvalue weighted by atomic mass is 35.5. The molecule has 1 aliphatic carbocycles. The van der Waals surface area contributed by atoms with Crippen LogP contribution in [0.25, 0.3) is 0 Å². The first-order chi connectivity index (χ1) is 13.5. The topological polar surface area (TPSA) is 70.3 Å². The van der Waals surface area contributed by atoms with Crippen molar-refractivity contribution >= 4 is 29.2 Å². The minimum Gasteiger partial charge on any atom is -0.493 e. The van der Waals surface area contributed by atoms with Gasteiger partial charge in [-0.15, -0.1) is 11.3 Å². The van der Waals surface area contributed by atoms with Gasteiger partial charge in [0.25, 0.3) is 0 Å². The number of thiophene rings is 1. The molecule has 1 aliphatic rings. The van der Waals surface area contributed by atoms with Gasteiger partial charge in [0.1, 0.15) is 5.75 Å². The number of ether oxygens (including phenoxy) is 1. The van der Waals surface area contributed by atoms with Crippen LogP contribution < -0.4 is 4.74 Å². The summed E-state index contributed by atoms with van der Waals surface area (Å²) in [5.41, 5.74) is 1.02. The van der Waals surface area contributed by atoms with Gasteiger partial charge in [-0.25, -0.2) is 0 Å². The summed E-state index contributed by atoms with van der Waals surface area (Å²) >= 11 is 7.61. The monoisotopic (exact) mass is 417 g/mol. The van der Waals surface area contributed by atoms with E-state index in [2.05, 4.69) is 6.07 Å². The average molecular weight is 418 g/mol. The Balaban J connectivity index is 1.60. The van der Waals surface area contributed by atoms with Crippen LogP contribution in [0.5, 0.6) is 5.75 Å². The number of rotatable bonds is 8. The molecule has 1 aromatic carbocycles. The van der Waals surface area contributed by atoms with E-state index in [1.54, 1.807) is 6.07 Å². The first kappa shape index (κ1) is 20.9. The van der Waals surface area contributed by atoms with Crippen molar-refractivity contribution in [2.75, 3.05) is 6.61 Å². The lowest BCUT2D eigenvalue weighted by atomic mass is 9.85. The number of aldehydes is 1. The molecule has 148 valence electrons. The Morgan fingerprint density at radius 3 is 2.86 bits per heavy atom. The number of hydrogen-bond acceptors (Lipinski definition) is 5. The van der Waals surface area contributed by atoms with Crippen molar-refractivity contribution in [2.24, 2.45) is 17.8 Å². The van der Waals surface area contributed by atoms with Gasteiger partial charge >= 0.3 is 0 Å². The molecular formula is C22H24ClNO3S. The van der Waals surface area contributed by atoms with E-state index < -0.39 is 6.10 Å². The molecule has 1 N–H and O–H groups in total. The Hall–Kier alpha value is -1.87. The lowest BCUT2D eigenvalue weighted by molar-refractivity contribution is 0.0776. The van der Waals surface area contributed by atoms with Crippen molar-refractivity contribution in [3.63, 3.8) is 0 Å². The highest BCUT2D eigenvalue weighted by Gasteiger charge is 2.42. The van der Waals surface area contributed by atoms with Gasteiger partial charge in [-0.05, 0) is 74.4 Å². The summed E-state index contributed by atoms with van der Waals surface area (Å²) in [5, 5.41) is 20.7. The zero-order valence-corrected chi connectivity index (χ0v) is 17.4. The van der Waals surface area contributed by atoms with Crippen LogP contribution in [-0.2, 0) is 6.42 Å². The highest BCUT2D eigenvalue weighted by Crippen LogP contribution is 2.40. The molecule has 0 amide bonds. The molecule has 0 radical (unpaired) electrons. The number of hydrogen-bond donors (Lipinski definition) is 1. The lowest BCUT2D eigenvalue weighted by Crippen LogP contribution is -2.27. The van der Waals surface area contributed by atoms with E-state index in [9.17, 15) is 15.2 Å². The van der Waals surface area contributed by atoms with Gasteiger partial charge in [-0.2, -0.15) is 5.26 Å². The molecule has 0 saturated heterocycles. The summed E-state index contributed by atoms with van der Waals surface area (Å²) < 4.78 is 5.94. The fraction of sp³-hybridized carbons (Fsp3) is 0.455. The molecule has 4 atom stereocenters. The predicted molar refractivity (Wildman–Crippen MR) is 111 cm³/mol. The van der Waals surface area contributed by atoms with Gasteiger partial charge in [0.15, 0.2) is 6.29 Å². The van der Waals surface area contributed by atoms with E-state index in [-0.39, 0.29) is 17.8 Å². The maximum Gasteiger partial charge on any atom is 0.160 e. The number of nitrogens with zero attached hydrogens (tertiary/aromatic N) is 1. The second-order valence-electron chi connectivity index (χ2n) is 7.46. The van der Waals surface area contributed by atoms with E-state index in [1.165, 1.54) is 16.2 Å². The molecule has 1 heterocycles. The van der Waals surface area contributed by atoms with E-state index >= 15 is 0 Å². The number of halogens is 1. The Bertz CT molecular complexity index is 839. The zero-order chi connectivity index (χ0) is 20.1. The summed E-state index contributed by atoms with van der Waals surface area (Å²) in [5.74, 6) is 0.568. The maximum atomic E-state index is 10.8. The van der Waals surface area contributed by atoms with Crippen LogP contribution in [0.2, 0.25) is 5.02 Å². The van der Waals surface area contributed by atoms with Crippen molar-refractivity contribution < 1.29 is 14.6 Å². The first-order valence-electron chi connectivity index (χ1n) is 9.51. The maximum absolute atomic E-state index is 10.8. The third-order valence-corrected chi connectivity index (χ3v) is 6.73. The SMILES string of the molecule is Cc1cc(Cl)cc(OC[C@@H]2[C@@H](CCCc3ccc(C=O)s3)[C@H](C#N)C[C@H]2O)c1. The molecule has 1 aromatic heterocycles. The standard InChI is InChI=1S/C22H24ClNO3S/c1-14-7-16(23)10-17(8-14)27-13-21-20(15(11-24)9-22(21)26)4-2-3-18-5-6-19(12-25)28-18/h5-8,10,12,15,20-22,26H,2-4,9,13H2,1H3/t15-,20-,21+,22+/m0/s1. The molecule has 0 bridgehead atoms. The highest BCUT2D eigenvalue weighted by molar-refractivity contribution is 7.13. The van der Waals surface area contributed by atoms with Crippen LogP contribution in [0.3, 0.4) is 0 Å². The molecule has 0 unspecified atom stereocenters. The normalized spacial score (nSPS) is 24.1. The number of benzene rings is 1. The van der Waals surface area contributed by atoms with Crippen LogP contribution in [0, 0.1) is 36.0 Å². The van der Waals surface area contributed by atoms with E-state index in [4.69, 9.17) is 16.3 Å². The van der Waals surface area contributed by atoms with Gasteiger partial charge in [0, 0.05) is 15.8 Å². The van der Waals surface area contributed by atoms with Crippen LogP contribution in [-0.4, -0.2) is 24.1 Å². The van der Waals surface area contributed by atoms with Crippen molar-refractivity contribution in [2.45, 2.75) is 38.7 Å². The average Bonchev–Trinajstić information content (AvgIpc) is 3.23. The quantitative estimate of drug-likeness (QED) is 0.609. The predicted octanol–water partition coefficient (Wildman–Crippen LogP) is 5.06. The van der Waals surface area contributed by atoms with Gasteiger partial charge in [-0.3, -0.25) is 4.79 Å². The third-order valence-electron chi connectivity index (χ3n) is 5.44. The number of aliphatic hydroxyl groups excluding tert-OH is 1. The Labute approximate surface area is 174 Å². The minimum absolute atomic E-state index is 0.0715. The van der Waals surface area contributed by atoms with Crippen LogP contribution >= 0.6 is 22.9 Å².